The normalized spacial score (nSPS) is 22.7. The van der Waals surface area contributed by atoms with E-state index in [9.17, 15) is 18.6 Å². The van der Waals surface area contributed by atoms with Crippen LogP contribution in [-0.2, 0) is 14.6 Å². The Morgan fingerprint density at radius 1 is 1.16 bits per heavy atom. The molecule has 5 nitrogen and oxygen atoms in total. The Morgan fingerprint density at radius 3 is 2.48 bits per heavy atom. The summed E-state index contributed by atoms with van der Waals surface area (Å²) >= 11 is 0. The highest BCUT2D eigenvalue weighted by Gasteiger charge is 2.46. The van der Waals surface area contributed by atoms with Crippen molar-refractivity contribution in [2.24, 2.45) is 0 Å². The Balaban J connectivity index is 1.63. The Morgan fingerprint density at radius 2 is 1.84 bits per heavy atom. The smallest absolute Gasteiger partial charge is 0.163 e. The van der Waals surface area contributed by atoms with E-state index in [0.29, 0.717) is 24.2 Å². The predicted octanol–water partition coefficient (Wildman–Crippen LogP) is 3.81. The second-order valence-corrected chi connectivity index (χ2v) is 10.6. The molecule has 1 saturated heterocycles. The summed E-state index contributed by atoms with van der Waals surface area (Å²) < 4.78 is 30.6. The van der Waals surface area contributed by atoms with E-state index in [1.165, 1.54) is 0 Å². The second-order valence-electron chi connectivity index (χ2n) is 8.41. The van der Waals surface area contributed by atoms with Crippen LogP contribution in [0.15, 0.2) is 53.6 Å². The third-order valence-corrected chi connectivity index (χ3v) is 8.23. The fourth-order valence-electron chi connectivity index (χ4n) is 4.66. The molecule has 0 amide bonds. The number of aromatic hydroxyl groups is 1. The van der Waals surface area contributed by atoms with Crippen LogP contribution in [0.2, 0.25) is 0 Å². The van der Waals surface area contributed by atoms with Crippen molar-refractivity contribution in [1.82, 2.24) is 0 Å². The average Bonchev–Trinajstić information content (AvgIpc) is 3.29. The standard InChI is InChI=1S/C25H28O5S/c1-16-10-18(11-17(2)25(16)27)12-20(19-6-4-3-5-7-19)8-9-22-24-21(13-26)15-31(28,29)23(24)14-30-22/h3-7,10-12,22-23,26-27H,8-9,13-15H2,1-2H3/b20-12-/t22-,23+/m1/s1. The van der Waals surface area contributed by atoms with Gasteiger partial charge in [-0.05, 0) is 77.8 Å². The zero-order valence-corrected chi connectivity index (χ0v) is 18.7. The van der Waals surface area contributed by atoms with E-state index in [0.717, 1.165) is 33.4 Å². The zero-order chi connectivity index (χ0) is 22.2. The molecule has 2 atom stereocenters. The number of aliphatic hydroxyl groups is 1. The summed E-state index contributed by atoms with van der Waals surface area (Å²) in [5.41, 5.74) is 6.24. The molecule has 31 heavy (non-hydrogen) atoms. The predicted molar refractivity (Wildman–Crippen MR) is 123 cm³/mol. The molecule has 0 bridgehead atoms. The molecule has 6 heteroatoms. The maximum atomic E-state index is 12.4. The van der Waals surface area contributed by atoms with Gasteiger partial charge in [-0.2, -0.15) is 0 Å². The quantitative estimate of drug-likeness (QED) is 0.527. The molecule has 164 valence electrons. The van der Waals surface area contributed by atoms with Crippen molar-refractivity contribution >= 4 is 21.5 Å². The van der Waals surface area contributed by atoms with Gasteiger partial charge in [-0.1, -0.05) is 36.4 Å². The van der Waals surface area contributed by atoms with E-state index >= 15 is 0 Å². The molecule has 0 aliphatic carbocycles. The monoisotopic (exact) mass is 440 g/mol. The highest BCUT2D eigenvalue weighted by molar-refractivity contribution is 7.92. The van der Waals surface area contributed by atoms with Gasteiger partial charge in [0, 0.05) is 0 Å². The van der Waals surface area contributed by atoms with E-state index in [1.807, 2.05) is 44.2 Å². The molecule has 1 fully saturated rings. The lowest BCUT2D eigenvalue weighted by Gasteiger charge is -2.15. The molecule has 2 aromatic rings. The molecule has 2 aliphatic heterocycles. The molecule has 0 unspecified atom stereocenters. The third kappa shape index (κ3) is 4.33. The molecule has 2 aliphatic rings. The number of aliphatic hydroxyl groups excluding tert-OH is 1. The molecular formula is C25H28O5S. The van der Waals surface area contributed by atoms with Crippen molar-refractivity contribution in [1.29, 1.82) is 0 Å². The molecule has 2 aromatic carbocycles. The van der Waals surface area contributed by atoms with Gasteiger partial charge in [0.05, 0.1) is 25.1 Å². The number of aryl methyl sites for hydroxylation is 2. The van der Waals surface area contributed by atoms with Gasteiger partial charge in [-0.3, -0.25) is 0 Å². The summed E-state index contributed by atoms with van der Waals surface area (Å²) in [5, 5.41) is 19.2. The minimum atomic E-state index is -3.27. The summed E-state index contributed by atoms with van der Waals surface area (Å²) in [6.07, 6.45) is 3.16. The summed E-state index contributed by atoms with van der Waals surface area (Å²) in [5.74, 6) is 0.256. The van der Waals surface area contributed by atoms with Crippen molar-refractivity contribution in [3.05, 3.63) is 75.9 Å². The maximum absolute atomic E-state index is 12.4. The molecule has 0 spiro atoms. The number of ether oxygens (including phenoxy) is 1. The van der Waals surface area contributed by atoms with Crippen LogP contribution in [0.25, 0.3) is 11.6 Å². The highest BCUT2D eigenvalue weighted by atomic mass is 32.2. The minimum absolute atomic E-state index is 0.0587. The molecule has 4 rings (SSSR count). The molecule has 2 heterocycles. The van der Waals surface area contributed by atoms with Crippen LogP contribution in [0.1, 0.15) is 35.1 Å². The highest BCUT2D eigenvalue weighted by Crippen LogP contribution is 2.39. The first-order valence-electron chi connectivity index (χ1n) is 10.5. The fraction of sp³-hybridized carbons (Fsp3) is 0.360. The van der Waals surface area contributed by atoms with Crippen LogP contribution >= 0.6 is 0 Å². The average molecular weight is 441 g/mol. The van der Waals surface area contributed by atoms with Crippen molar-refractivity contribution < 1.29 is 23.4 Å². The Labute approximate surface area is 183 Å². The number of fused-ring (bicyclic) bond motifs is 1. The van der Waals surface area contributed by atoms with Gasteiger partial charge >= 0.3 is 0 Å². The summed E-state index contributed by atoms with van der Waals surface area (Å²) in [6.45, 7) is 3.71. The van der Waals surface area contributed by atoms with Crippen LogP contribution in [0.5, 0.6) is 5.75 Å². The number of allylic oxidation sites excluding steroid dienone is 1. The fourth-order valence-corrected chi connectivity index (χ4v) is 6.59. The number of hydrogen-bond acceptors (Lipinski definition) is 5. The van der Waals surface area contributed by atoms with Crippen molar-refractivity contribution in [3.63, 3.8) is 0 Å². The third-order valence-electron chi connectivity index (χ3n) is 6.23. The number of sulfone groups is 1. The van der Waals surface area contributed by atoms with Crippen LogP contribution in [-0.4, -0.2) is 49.0 Å². The Hall–Kier alpha value is -2.41. The lowest BCUT2D eigenvalue weighted by atomic mass is 9.93. The molecular weight excluding hydrogens is 412 g/mol. The number of hydrogen-bond donors (Lipinski definition) is 2. The summed E-state index contributed by atoms with van der Waals surface area (Å²) in [4.78, 5) is 0. The van der Waals surface area contributed by atoms with Crippen LogP contribution in [0, 0.1) is 13.8 Å². The largest absolute Gasteiger partial charge is 0.507 e. The number of phenolic OH excluding ortho intramolecular Hbond substituents is 1. The Bertz CT molecular complexity index is 1120. The molecule has 0 aromatic heterocycles. The van der Waals surface area contributed by atoms with E-state index in [2.05, 4.69) is 18.2 Å². The maximum Gasteiger partial charge on any atom is 0.163 e. The second kappa shape index (κ2) is 8.61. The van der Waals surface area contributed by atoms with Gasteiger partial charge < -0.3 is 14.9 Å². The SMILES string of the molecule is Cc1cc(/C=C(/CC[C@H]2OC[C@H]3C2=C(CO)CS3(=O)=O)c2ccccc2)cc(C)c1O. The van der Waals surface area contributed by atoms with Crippen molar-refractivity contribution in [3.8, 4) is 5.75 Å². The van der Waals surface area contributed by atoms with Gasteiger partial charge in [-0.15, -0.1) is 0 Å². The Kier molecular flexibility index (Phi) is 6.06. The van der Waals surface area contributed by atoms with Crippen LogP contribution in [0.4, 0.5) is 0 Å². The van der Waals surface area contributed by atoms with Gasteiger partial charge in [-0.25, -0.2) is 8.42 Å². The van der Waals surface area contributed by atoms with Crippen LogP contribution < -0.4 is 0 Å². The molecule has 2 N–H and O–H groups in total. The van der Waals surface area contributed by atoms with E-state index in [1.54, 1.807) is 0 Å². The van der Waals surface area contributed by atoms with Gasteiger partial charge in [0.1, 0.15) is 11.0 Å². The number of phenols is 1. The van der Waals surface area contributed by atoms with Crippen molar-refractivity contribution in [2.45, 2.75) is 38.0 Å². The number of rotatable bonds is 6. The summed E-state index contributed by atoms with van der Waals surface area (Å²) in [7, 11) is -3.27. The van der Waals surface area contributed by atoms with Crippen molar-refractivity contribution in [2.75, 3.05) is 19.0 Å². The van der Waals surface area contributed by atoms with Gasteiger partial charge in [0.15, 0.2) is 9.84 Å². The topological polar surface area (TPSA) is 83.8 Å². The molecule has 0 radical (unpaired) electrons. The lowest BCUT2D eigenvalue weighted by molar-refractivity contribution is 0.118. The lowest BCUT2D eigenvalue weighted by Crippen LogP contribution is -2.19. The van der Waals surface area contributed by atoms with E-state index in [-0.39, 0.29) is 25.1 Å². The number of benzene rings is 2. The van der Waals surface area contributed by atoms with Crippen LogP contribution in [0.3, 0.4) is 0 Å². The van der Waals surface area contributed by atoms with E-state index < -0.39 is 15.1 Å². The first-order chi connectivity index (χ1) is 14.8. The van der Waals surface area contributed by atoms with Gasteiger partial charge in [0.25, 0.3) is 0 Å². The van der Waals surface area contributed by atoms with E-state index in [4.69, 9.17) is 4.74 Å². The zero-order valence-electron chi connectivity index (χ0n) is 17.8. The minimum Gasteiger partial charge on any atom is -0.507 e. The molecule has 0 saturated carbocycles. The van der Waals surface area contributed by atoms with Gasteiger partial charge in [0.2, 0.25) is 0 Å². The summed E-state index contributed by atoms with van der Waals surface area (Å²) in [6, 6.07) is 14.0. The first kappa shape index (κ1) is 21.8. The first-order valence-corrected chi connectivity index (χ1v) is 12.2.